The van der Waals surface area contributed by atoms with Crippen LogP contribution in [0.3, 0.4) is 0 Å². The summed E-state index contributed by atoms with van der Waals surface area (Å²) in [7, 11) is 0. The Kier molecular flexibility index (Phi) is 5.51. The molecule has 2 amide bonds. The molecule has 2 rings (SSSR count). The smallest absolute Gasteiger partial charge is 0.253 e. The topological polar surface area (TPSA) is 52.7 Å². The zero-order chi connectivity index (χ0) is 15.1. The maximum absolute atomic E-state index is 12.3. The third-order valence-electron chi connectivity index (χ3n) is 3.51. The van der Waals surface area contributed by atoms with E-state index < -0.39 is 0 Å². The number of nitrogens with one attached hydrogen (secondary N) is 1. The summed E-state index contributed by atoms with van der Waals surface area (Å²) in [5, 5.41) is 3.00. The first-order valence-electron chi connectivity index (χ1n) is 7.16. The molecule has 0 unspecified atom stereocenters. The molecule has 0 aromatic heterocycles. The van der Waals surface area contributed by atoms with Crippen LogP contribution < -0.4 is 5.32 Å². The quantitative estimate of drug-likeness (QED) is 0.642. The Bertz CT molecular complexity index is 494. The number of benzene rings is 1. The van der Waals surface area contributed by atoms with Crippen molar-refractivity contribution >= 4 is 11.8 Å². The number of rotatable bonds is 5. The summed E-state index contributed by atoms with van der Waals surface area (Å²) in [5.74, 6) is 0.108. The summed E-state index contributed by atoms with van der Waals surface area (Å²) < 4.78 is 0. The van der Waals surface area contributed by atoms with Crippen molar-refractivity contribution in [2.45, 2.75) is 0 Å². The second-order valence-electron chi connectivity index (χ2n) is 4.96. The molecular weight excluding hydrogens is 266 g/mol. The zero-order valence-electron chi connectivity index (χ0n) is 12.1. The van der Waals surface area contributed by atoms with Gasteiger partial charge in [0.15, 0.2) is 0 Å². The maximum atomic E-state index is 12.3. The van der Waals surface area contributed by atoms with Gasteiger partial charge in [-0.15, -0.1) is 6.58 Å². The van der Waals surface area contributed by atoms with E-state index in [0.29, 0.717) is 44.8 Å². The zero-order valence-corrected chi connectivity index (χ0v) is 12.1. The molecule has 5 nitrogen and oxygen atoms in total. The summed E-state index contributed by atoms with van der Waals surface area (Å²) in [6.45, 7) is 6.89. The van der Waals surface area contributed by atoms with Crippen LogP contribution in [0.25, 0.3) is 0 Å². The molecule has 21 heavy (non-hydrogen) atoms. The second-order valence-corrected chi connectivity index (χ2v) is 4.96. The third kappa shape index (κ3) is 4.16. The van der Waals surface area contributed by atoms with Gasteiger partial charge in [0, 0.05) is 38.3 Å². The van der Waals surface area contributed by atoms with Gasteiger partial charge in [-0.1, -0.05) is 24.3 Å². The van der Waals surface area contributed by atoms with Crippen LogP contribution >= 0.6 is 0 Å². The minimum Gasteiger partial charge on any atom is -0.338 e. The minimum absolute atomic E-state index is 0.0347. The number of hydrogen-bond donors (Lipinski definition) is 1. The van der Waals surface area contributed by atoms with Crippen LogP contribution in [-0.2, 0) is 4.79 Å². The van der Waals surface area contributed by atoms with Crippen LogP contribution in [0.4, 0.5) is 0 Å². The van der Waals surface area contributed by atoms with Gasteiger partial charge in [0.2, 0.25) is 5.91 Å². The van der Waals surface area contributed by atoms with E-state index in [1.54, 1.807) is 15.9 Å². The second kappa shape index (κ2) is 7.59. The molecule has 1 aliphatic rings. The van der Waals surface area contributed by atoms with Crippen molar-refractivity contribution in [1.82, 2.24) is 15.1 Å². The van der Waals surface area contributed by atoms with Crippen LogP contribution in [0, 0.1) is 0 Å². The summed E-state index contributed by atoms with van der Waals surface area (Å²) in [6.07, 6.45) is 1.73. The van der Waals surface area contributed by atoms with E-state index in [1.807, 2.05) is 30.3 Å². The molecule has 5 heteroatoms. The number of nitrogens with zero attached hydrogens (tertiary/aromatic N) is 2. The van der Waals surface area contributed by atoms with Crippen LogP contribution in [0.15, 0.2) is 43.0 Å². The lowest BCUT2D eigenvalue weighted by molar-refractivity contribution is -0.131. The number of piperazine rings is 1. The van der Waals surface area contributed by atoms with Crippen molar-refractivity contribution < 1.29 is 9.59 Å². The fourth-order valence-corrected chi connectivity index (χ4v) is 2.32. The lowest BCUT2D eigenvalue weighted by atomic mass is 10.2. The molecule has 112 valence electrons. The van der Waals surface area contributed by atoms with Crippen molar-refractivity contribution in [3.05, 3.63) is 48.6 Å². The first-order valence-corrected chi connectivity index (χ1v) is 7.16. The van der Waals surface area contributed by atoms with E-state index in [0.717, 1.165) is 0 Å². The molecule has 0 bridgehead atoms. The molecule has 1 saturated heterocycles. The monoisotopic (exact) mass is 287 g/mol. The first-order chi connectivity index (χ1) is 10.2. The minimum atomic E-state index is 0.0347. The summed E-state index contributed by atoms with van der Waals surface area (Å²) >= 11 is 0. The molecule has 1 aliphatic heterocycles. The Balaban J connectivity index is 1.81. The van der Waals surface area contributed by atoms with Crippen molar-refractivity contribution in [2.75, 3.05) is 39.3 Å². The molecule has 1 fully saturated rings. The highest BCUT2D eigenvalue weighted by Gasteiger charge is 2.24. The Morgan fingerprint density at radius 2 is 1.71 bits per heavy atom. The lowest BCUT2D eigenvalue weighted by Gasteiger charge is -2.34. The van der Waals surface area contributed by atoms with Crippen molar-refractivity contribution in [1.29, 1.82) is 0 Å². The van der Waals surface area contributed by atoms with E-state index in [1.165, 1.54) is 0 Å². The maximum Gasteiger partial charge on any atom is 0.253 e. The molecule has 0 radical (unpaired) electrons. The van der Waals surface area contributed by atoms with Crippen LogP contribution in [0.1, 0.15) is 10.4 Å². The number of hydrogen-bond acceptors (Lipinski definition) is 3. The van der Waals surface area contributed by atoms with Gasteiger partial charge >= 0.3 is 0 Å². The number of amides is 2. The number of carbonyl (C=O) groups is 2. The molecule has 0 saturated carbocycles. The van der Waals surface area contributed by atoms with E-state index in [4.69, 9.17) is 0 Å². The van der Waals surface area contributed by atoms with Gasteiger partial charge < -0.3 is 15.1 Å². The fourth-order valence-electron chi connectivity index (χ4n) is 2.32. The van der Waals surface area contributed by atoms with Gasteiger partial charge in [0.05, 0.1) is 6.54 Å². The predicted octanol–water partition coefficient (Wildman–Crippen LogP) is 0.747. The van der Waals surface area contributed by atoms with Gasteiger partial charge in [0.1, 0.15) is 0 Å². The van der Waals surface area contributed by atoms with Gasteiger partial charge in [-0.05, 0) is 12.1 Å². The summed E-state index contributed by atoms with van der Waals surface area (Å²) in [4.78, 5) is 27.8. The Morgan fingerprint density at radius 1 is 1.10 bits per heavy atom. The fraction of sp³-hybridized carbons (Fsp3) is 0.375. The summed E-state index contributed by atoms with van der Waals surface area (Å²) in [6, 6.07) is 9.25. The highest BCUT2D eigenvalue weighted by molar-refractivity contribution is 5.94. The van der Waals surface area contributed by atoms with Gasteiger partial charge in [0.25, 0.3) is 5.91 Å². The number of carbonyl (C=O) groups excluding carboxylic acids is 2. The standard InChI is InChI=1S/C16H21N3O2/c1-2-8-17-13-15(20)18-9-11-19(12-10-18)16(21)14-6-4-3-5-7-14/h2-7,17H,1,8-13H2. The molecule has 1 N–H and O–H groups in total. The molecule has 0 spiro atoms. The normalized spacial score (nSPS) is 14.9. The van der Waals surface area contributed by atoms with E-state index in [9.17, 15) is 9.59 Å². The first kappa shape index (κ1) is 15.3. The Labute approximate surface area is 125 Å². The predicted molar refractivity (Wildman–Crippen MR) is 82.0 cm³/mol. The average molecular weight is 287 g/mol. The SMILES string of the molecule is C=CCNCC(=O)N1CCN(C(=O)c2ccccc2)CC1. The van der Waals surface area contributed by atoms with Crippen molar-refractivity contribution in [3.8, 4) is 0 Å². The van der Waals surface area contributed by atoms with Crippen LogP contribution in [-0.4, -0.2) is 60.9 Å². The van der Waals surface area contributed by atoms with Crippen molar-refractivity contribution in [2.24, 2.45) is 0 Å². The molecule has 0 aliphatic carbocycles. The van der Waals surface area contributed by atoms with Gasteiger partial charge in [-0.2, -0.15) is 0 Å². The average Bonchev–Trinajstić information content (AvgIpc) is 2.55. The Hall–Kier alpha value is -2.14. The lowest BCUT2D eigenvalue weighted by Crippen LogP contribution is -2.52. The molecule has 1 heterocycles. The molecular formula is C16H21N3O2. The molecule has 1 aromatic carbocycles. The third-order valence-corrected chi connectivity index (χ3v) is 3.51. The highest BCUT2D eigenvalue weighted by atomic mass is 16.2. The van der Waals surface area contributed by atoms with Crippen molar-refractivity contribution in [3.63, 3.8) is 0 Å². The molecule has 0 atom stereocenters. The van der Waals surface area contributed by atoms with E-state index >= 15 is 0 Å². The largest absolute Gasteiger partial charge is 0.338 e. The van der Waals surface area contributed by atoms with E-state index in [-0.39, 0.29) is 11.8 Å². The van der Waals surface area contributed by atoms with Gasteiger partial charge in [-0.25, -0.2) is 0 Å². The van der Waals surface area contributed by atoms with Crippen LogP contribution in [0.2, 0.25) is 0 Å². The van der Waals surface area contributed by atoms with E-state index in [2.05, 4.69) is 11.9 Å². The van der Waals surface area contributed by atoms with Crippen LogP contribution in [0.5, 0.6) is 0 Å². The Morgan fingerprint density at radius 3 is 2.33 bits per heavy atom. The highest BCUT2D eigenvalue weighted by Crippen LogP contribution is 2.08. The molecule has 1 aromatic rings. The van der Waals surface area contributed by atoms with Gasteiger partial charge in [-0.3, -0.25) is 9.59 Å². The summed E-state index contributed by atoms with van der Waals surface area (Å²) in [5.41, 5.74) is 0.699.